The lowest BCUT2D eigenvalue weighted by Gasteiger charge is -2.06. The van der Waals surface area contributed by atoms with Crippen molar-refractivity contribution >= 4 is 16.9 Å². The second-order valence-electron chi connectivity index (χ2n) is 4.41. The first kappa shape index (κ1) is 12.5. The van der Waals surface area contributed by atoms with Crippen LogP contribution in [0, 0.1) is 20.8 Å². The molecule has 1 heterocycles. The summed E-state index contributed by atoms with van der Waals surface area (Å²) >= 11 is 0. The summed E-state index contributed by atoms with van der Waals surface area (Å²) in [5, 5.41) is 10.6. The number of carbonyl (C=O) groups excluding carboxylic acids is 1. The van der Waals surface area contributed by atoms with Crippen LogP contribution in [0.4, 0.5) is 0 Å². The number of fused-ring (bicyclic) bond motifs is 1. The fourth-order valence-corrected chi connectivity index (χ4v) is 2.18. The van der Waals surface area contributed by atoms with Gasteiger partial charge in [0.2, 0.25) is 0 Å². The summed E-state index contributed by atoms with van der Waals surface area (Å²) in [5.41, 5.74) is 3.91. The number of benzene rings is 1. The summed E-state index contributed by atoms with van der Waals surface area (Å²) in [6.07, 6.45) is 0. The van der Waals surface area contributed by atoms with Crippen LogP contribution in [0.2, 0.25) is 0 Å². The normalized spacial score (nSPS) is 10.9. The Kier molecular flexibility index (Phi) is 3.03. The number of phenolic OH excluding ortho intramolecular Hbond substituents is 1. The standard InChI is InChI=1S/C14H17NO3/c1-5-18-14(17)12-9(4)15-13-8(3)7(2)11(16)6-10(12)13/h6,15-16H,5H2,1-4H3. The lowest BCUT2D eigenvalue weighted by atomic mass is 10.0. The third-order valence-electron chi connectivity index (χ3n) is 3.31. The quantitative estimate of drug-likeness (QED) is 0.802. The van der Waals surface area contributed by atoms with E-state index >= 15 is 0 Å². The predicted octanol–water partition coefficient (Wildman–Crippen LogP) is 2.98. The van der Waals surface area contributed by atoms with Gasteiger partial charge in [-0.25, -0.2) is 4.79 Å². The van der Waals surface area contributed by atoms with Crippen LogP contribution in [0.3, 0.4) is 0 Å². The molecule has 0 aliphatic rings. The third-order valence-corrected chi connectivity index (χ3v) is 3.31. The molecule has 0 aliphatic carbocycles. The van der Waals surface area contributed by atoms with Gasteiger partial charge in [-0.1, -0.05) is 0 Å². The number of aromatic hydroxyl groups is 1. The van der Waals surface area contributed by atoms with Crippen molar-refractivity contribution in [3.63, 3.8) is 0 Å². The molecule has 0 unspecified atom stereocenters. The summed E-state index contributed by atoms with van der Waals surface area (Å²) < 4.78 is 5.04. The highest BCUT2D eigenvalue weighted by molar-refractivity contribution is 6.07. The van der Waals surface area contributed by atoms with Gasteiger partial charge in [-0.2, -0.15) is 0 Å². The number of hydrogen-bond donors (Lipinski definition) is 2. The molecule has 0 bridgehead atoms. The molecule has 0 amide bonds. The number of aromatic amines is 1. The van der Waals surface area contributed by atoms with Crippen molar-refractivity contribution in [2.45, 2.75) is 27.7 Å². The Hall–Kier alpha value is -1.97. The molecular weight excluding hydrogens is 230 g/mol. The van der Waals surface area contributed by atoms with Gasteiger partial charge < -0.3 is 14.8 Å². The average Bonchev–Trinajstić information content (AvgIpc) is 2.63. The van der Waals surface area contributed by atoms with Crippen LogP contribution in [0.15, 0.2) is 6.07 Å². The number of hydrogen-bond acceptors (Lipinski definition) is 3. The number of carbonyl (C=O) groups is 1. The smallest absolute Gasteiger partial charge is 0.340 e. The summed E-state index contributed by atoms with van der Waals surface area (Å²) in [6, 6.07) is 1.62. The van der Waals surface area contributed by atoms with Gasteiger partial charge in [0.15, 0.2) is 0 Å². The first-order valence-electron chi connectivity index (χ1n) is 5.95. The second kappa shape index (κ2) is 4.37. The fourth-order valence-electron chi connectivity index (χ4n) is 2.18. The highest BCUT2D eigenvalue weighted by Crippen LogP contribution is 2.32. The van der Waals surface area contributed by atoms with Crippen molar-refractivity contribution in [2.75, 3.05) is 6.61 Å². The topological polar surface area (TPSA) is 62.3 Å². The molecule has 4 nitrogen and oxygen atoms in total. The molecular formula is C14H17NO3. The number of rotatable bonds is 2. The maximum Gasteiger partial charge on any atom is 0.340 e. The van der Waals surface area contributed by atoms with Gasteiger partial charge >= 0.3 is 5.97 Å². The molecule has 0 saturated heterocycles. The Balaban J connectivity index is 2.76. The molecule has 1 aromatic heterocycles. The average molecular weight is 247 g/mol. The predicted molar refractivity (Wildman–Crippen MR) is 70.1 cm³/mol. The monoisotopic (exact) mass is 247 g/mol. The number of phenols is 1. The first-order chi connectivity index (χ1) is 8.47. The van der Waals surface area contributed by atoms with E-state index in [1.54, 1.807) is 13.0 Å². The van der Waals surface area contributed by atoms with E-state index in [9.17, 15) is 9.90 Å². The molecule has 18 heavy (non-hydrogen) atoms. The Morgan fingerprint density at radius 3 is 2.61 bits per heavy atom. The van der Waals surface area contributed by atoms with E-state index < -0.39 is 0 Å². The van der Waals surface area contributed by atoms with E-state index in [-0.39, 0.29) is 11.7 Å². The summed E-state index contributed by atoms with van der Waals surface area (Å²) in [7, 11) is 0. The molecule has 0 spiro atoms. The number of H-pyrrole nitrogens is 1. The van der Waals surface area contributed by atoms with Crippen LogP contribution in [-0.2, 0) is 4.74 Å². The molecule has 96 valence electrons. The molecule has 2 rings (SSSR count). The molecule has 1 aromatic carbocycles. The van der Waals surface area contributed by atoms with Gasteiger partial charge in [-0.3, -0.25) is 0 Å². The highest BCUT2D eigenvalue weighted by atomic mass is 16.5. The van der Waals surface area contributed by atoms with Crippen LogP contribution in [-0.4, -0.2) is 22.7 Å². The van der Waals surface area contributed by atoms with Crippen molar-refractivity contribution in [1.82, 2.24) is 4.98 Å². The molecule has 0 fully saturated rings. The van der Waals surface area contributed by atoms with Gasteiger partial charge in [0, 0.05) is 16.6 Å². The lowest BCUT2D eigenvalue weighted by Crippen LogP contribution is -2.05. The Morgan fingerprint density at radius 1 is 1.33 bits per heavy atom. The largest absolute Gasteiger partial charge is 0.508 e. The number of esters is 1. The molecule has 2 aromatic rings. The van der Waals surface area contributed by atoms with E-state index in [1.165, 1.54) is 0 Å². The number of ether oxygens (including phenoxy) is 1. The van der Waals surface area contributed by atoms with Crippen molar-refractivity contribution in [3.05, 3.63) is 28.5 Å². The van der Waals surface area contributed by atoms with Crippen LogP contribution >= 0.6 is 0 Å². The zero-order valence-corrected chi connectivity index (χ0v) is 11.0. The fraction of sp³-hybridized carbons (Fsp3) is 0.357. The SMILES string of the molecule is CCOC(=O)c1c(C)[nH]c2c(C)c(C)c(O)cc12. The van der Waals surface area contributed by atoms with Gasteiger partial charge in [0.05, 0.1) is 12.2 Å². The zero-order chi connectivity index (χ0) is 13.4. The molecule has 0 saturated carbocycles. The Bertz CT molecular complexity index is 626. The Morgan fingerprint density at radius 2 is 2.00 bits per heavy atom. The van der Waals surface area contributed by atoms with E-state index in [0.29, 0.717) is 17.6 Å². The van der Waals surface area contributed by atoms with E-state index in [1.807, 2.05) is 20.8 Å². The van der Waals surface area contributed by atoms with E-state index in [0.717, 1.165) is 22.3 Å². The number of nitrogens with one attached hydrogen (secondary N) is 1. The number of aromatic nitrogens is 1. The molecule has 0 radical (unpaired) electrons. The Labute approximate surface area is 106 Å². The zero-order valence-electron chi connectivity index (χ0n) is 11.0. The maximum absolute atomic E-state index is 11.9. The second-order valence-corrected chi connectivity index (χ2v) is 4.41. The van der Waals surface area contributed by atoms with E-state index in [2.05, 4.69) is 4.98 Å². The highest BCUT2D eigenvalue weighted by Gasteiger charge is 2.19. The maximum atomic E-state index is 11.9. The van der Waals surface area contributed by atoms with Gasteiger partial charge in [-0.15, -0.1) is 0 Å². The number of aryl methyl sites for hydroxylation is 2. The van der Waals surface area contributed by atoms with Crippen molar-refractivity contribution < 1.29 is 14.6 Å². The van der Waals surface area contributed by atoms with Crippen LogP contribution in [0.1, 0.15) is 34.1 Å². The van der Waals surface area contributed by atoms with Crippen LogP contribution in [0.25, 0.3) is 10.9 Å². The molecule has 0 aliphatic heterocycles. The van der Waals surface area contributed by atoms with Gasteiger partial charge in [0.25, 0.3) is 0 Å². The molecule has 0 atom stereocenters. The first-order valence-corrected chi connectivity index (χ1v) is 5.95. The third kappa shape index (κ3) is 1.74. The summed E-state index contributed by atoms with van der Waals surface area (Å²) in [4.78, 5) is 15.1. The lowest BCUT2D eigenvalue weighted by molar-refractivity contribution is 0.0528. The molecule has 2 N–H and O–H groups in total. The summed E-state index contributed by atoms with van der Waals surface area (Å²) in [6.45, 7) is 7.71. The van der Waals surface area contributed by atoms with Gasteiger partial charge in [0.1, 0.15) is 5.75 Å². The minimum absolute atomic E-state index is 0.199. The van der Waals surface area contributed by atoms with E-state index in [4.69, 9.17) is 4.74 Å². The minimum atomic E-state index is -0.357. The van der Waals surface area contributed by atoms with Crippen LogP contribution in [0.5, 0.6) is 5.75 Å². The van der Waals surface area contributed by atoms with Crippen molar-refractivity contribution in [1.29, 1.82) is 0 Å². The van der Waals surface area contributed by atoms with Crippen molar-refractivity contribution in [3.8, 4) is 5.75 Å². The summed E-state index contributed by atoms with van der Waals surface area (Å²) in [5.74, 6) is -0.159. The molecule has 4 heteroatoms. The minimum Gasteiger partial charge on any atom is -0.508 e. The van der Waals surface area contributed by atoms with Crippen molar-refractivity contribution in [2.24, 2.45) is 0 Å². The van der Waals surface area contributed by atoms with Gasteiger partial charge in [-0.05, 0) is 44.9 Å². The van der Waals surface area contributed by atoms with Crippen LogP contribution < -0.4 is 0 Å².